The first-order chi connectivity index (χ1) is 13.2. The molecular formula is C20H20N4OS2. The number of carbonyl (C=O) groups excluding carboxylic acids is 1. The lowest BCUT2D eigenvalue weighted by atomic mass is 10.1. The third kappa shape index (κ3) is 3.58. The molecule has 0 saturated carbocycles. The van der Waals surface area contributed by atoms with Gasteiger partial charge in [0.2, 0.25) is 0 Å². The highest BCUT2D eigenvalue weighted by Gasteiger charge is 2.30. The van der Waals surface area contributed by atoms with Crippen molar-refractivity contribution in [2.75, 3.05) is 22.9 Å². The molecule has 0 bridgehead atoms. The van der Waals surface area contributed by atoms with Gasteiger partial charge >= 0.3 is 6.03 Å². The third-order valence-corrected chi connectivity index (χ3v) is 6.62. The second-order valence-corrected chi connectivity index (χ2v) is 8.22. The Balaban J connectivity index is 1.57. The van der Waals surface area contributed by atoms with Crippen LogP contribution in [0.25, 0.3) is 11.1 Å². The molecule has 2 heterocycles. The first-order valence-corrected chi connectivity index (χ1v) is 10.5. The highest BCUT2D eigenvalue weighted by atomic mass is 32.2. The van der Waals surface area contributed by atoms with E-state index in [1.54, 1.807) is 4.90 Å². The van der Waals surface area contributed by atoms with Gasteiger partial charge in [0.25, 0.3) is 0 Å². The van der Waals surface area contributed by atoms with E-state index >= 15 is 0 Å². The zero-order valence-corrected chi connectivity index (χ0v) is 16.6. The Hall–Kier alpha value is -2.35. The molecule has 138 valence electrons. The molecule has 0 radical (unpaired) electrons. The zero-order valence-electron chi connectivity index (χ0n) is 15.0. The van der Waals surface area contributed by atoms with Gasteiger partial charge in [-0.25, -0.2) is 9.78 Å². The Morgan fingerprint density at radius 2 is 1.67 bits per heavy atom. The van der Waals surface area contributed by atoms with Crippen molar-refractivity contribution in [2.24, 2.45) is 5.14 Å². The first kappa shape index (κ1) is 18.0. The lowest BCUT2D eigenvalue weighted by molar-refractivity contribution is 0.248. The van der Waals surface area contributed by atoms with E-state index in [1.807, 2.05) is 42.2 Å². The summed E-state index contributed by atoms with van der Waals surface area (Å²) in [5.41, 5.74) is 4.09. The highest BCUT2D eigenvalue weighted by molar-refractivity contribution is 7.99. The number of urea groups is 1. The van der Waals surface area contributed by atoms with Crippen LogP contribution < -0.4 is 14.9 Å². The van der Waals surface area contributed by atoms with Crippen molar-refractivity contribution in [3.05, 3.63) is 60.3 Å². The van der Waals surface area contributed by atoms with Crippen molar-refractivity contribution in [1.29, 1.82) is 0 Å². The number of aromatic nitrogens is 1. The van der Waals surface area contributed by atoms with E-state index in [0.29, 0.717) is 13.1 Å². The number of nitrogens with two attached hydrogens (primary N) is 1. The number of benzene rings is 2. The number of nitrogens with zero attached hydrogens (tertiary/aromatic N) is 3. The summed E-state index contributed by atoms with van der Waals surface area (Å²) >= 11 is 2.65. The standard InChI is InChI=1S/C20H20N4OS2/c1-14-18(27-21)26-19(22-14)24-13-5-12-23(20(24)25)17-10-8-16(9-11-17)15-6-3-2-4-7-15/h2-4,6-11H,5,12-13,21H2,1H3. The number of anilines is 2. The molecule has 0 atom stereocenters. The number of hydrogen-bond donors (Lipinski definition) is 1. The molecule has 2 N–H and O–H groups in total. The number of rotatable bonds is 4. The van der Waals surface area contributed by atoms with Crippen molar-refractivity contribution in [2.45, 2.75) is 17.6 Å². The van der Waals surface area contributed by atoms with E-state index in [-0.39, 0.29) is 6.03 Å². The van der Waals surface area contributed by atoms with Gasteiger partial charge in [-0.15, -0.1) is 0 Å². The molecule has 1 aliphatic heterocycles. The summed E-state index contributed by atoms with van der Waals surface area (Å²) in [6.07, 6.45) is 0.899. The van der Waals surface area contributed by atoms with Crippen molar-refractivity contribution < 1.29 is 4.79 Å². The van der Waals surface area contributed by atoms with Crippen LogP contribution in [0.5, 0.6) is 0 Å². The predicted octanol–water partition coefficient (Wildman–Crippen LogP) is 4.92. The molecule has 2 amide bonds. The summed E-state index contributed by atoms with van der Waals surface area (Å²) in [4.78, 5) is 21.2. The lowest BCUT2D eigenvalue weighted by Gasteiger charge is -2.34. The van der Waals surface area contributed by atoms with Crippen LogP contribution in [0.4, 0.5) is 15.6 Å². The van der Waals surface area contributed by atoms with Gasteiger partial charge in [0.1, 0.15) is 0 Å². The maximum Gasteiger partial charge on any atom is 0.330 e. The van der Waals surface area contributed by atoms with Gasteiger partial charge in [0.05, 0.1) is 9.90 Å². The summed E-state index contributed by atoms with van der Waals surface area (Å²) in [6, 6.07) is 18.3. The smallest absolute Gasteiger partial charge is 0.294 e. The Bertz CT molecular complexity index is 940. The lowest BCUT2D eigenvalue weighted by Crippen LogP contribution is -2.49. The SMILES string of the molecule is Cc1nc(N2CCCN(c3ccc(-c4ccccc4)cc3)C2=O)sc1SN. The molecule has 4 rings (SSSR count). The molecule has 1 aliphatic rings. The molecule has 2 aromatic carbocycles. The highest BCUT2D eigenvalue weighted by Crippen LogP contribution is 2.34. The fraction of sp³-hybridized carbons (Fsp3) is 0.200. The summed E-state index contributed by atoms with van der Waals surface area (Å²) in [7, 11) is 0. The number of amides is 2. The Kier molecular flexibility index (Phi) is 5.15. The molecular weight excluding hydrogens is 376 g/mol. The number of carbonyl (C=O) groups is 1. The minimum atomic E-state index is -0.0315. The Morgan fingerprint density at radius 3 is 2.33 bits per heavy atom. The van der Waals surface area contributed by atoms with Gasteiger partial charge < -0.3 is 0 Å². The second-order valence-electron chi connectivity index (χ2n) is 6.34. The van der Waals surface area contributed by atoms with Gasteiger partial charge in [-0.2, -0.15) is 0 Å². The summed E-state index contributed by atoms with van der Waals surface area (Å²) in [6.45, 7) is 3.31. The zero-order chi connectivity index (χ0) is 18.8. The van der Waals surface area contributed by atoms with E-state index in [0.717, 1.165) is 32.7 Å². The Labute approximate surface area is 167 Å². The average Bonchev–Trinajstić information content (AvgIpc) is 3.09. The summed E-state index contributed by atoms with van der Waals surface area (Å²) in [5, 5.41) is 6.40. The molecule has 0 spiro atoms. The molecule has 1 saturated heterocycles. The second kappa shape index (κ2) is 7.72. The predicted molar refractivity (Wildman–Crippen MR) is 113 cm³/mol. The monoisotopic (exact) mass is 396 g/mol. The minimum absolute atomic E-state index is 0.0315. The maximum absolute atomic E-state index is 13.1. The van der Waals surface area contributed by atoms with Crippen molar-refractivity contribution in [3.63, 3.8) is 0 Å². The van der Waals surface area contributed by atoms with Crippen LogP contribution >= 0.6 is 23.3 Å². The first-order valence-electron chi connectivity index (χ1n) is 8.76. The third-order valence-electron chi connectivity index (χ3n) is 4.59. The molecule has 3 aromatic rings. The van der Waals surface area contributed by atoms with E-state index < -0.39 is 0 Å². The van der Waals surface area contributed by atoms with Gasteiger partial charge in [-0.1, -0.05) is 53.8 Å². The Morgan fingerprint density at radius 1 is 1.00 bits per heavy atom. The quantitative estimate of drug-likeness (QED) is 0.636. The number of aryl methyl sites for hydroxylation is 1. The summed E-state index contributed by atoms with van der Waals surface area (Å²) < 4.78 is 0.946. The van der Waals surface area contributed by atoms with Crippen molar-refractivity contribution in [1.82, 2.24) is 4.98 Å². The van der Waals surface area contributed by atoms with Gasteiger partial charge in [-0.3, -0.25) is 14.9 Å². The van der Waals surface area contributed by atoms with Gasteiger partial charge in [-0.05, 0) is 48.6 Å². The van der Waals surface area contributed by atoms with Crippen LogP contribution in [0.2, 0.25) is 0 Å². The van der Waals surface area contributed by atoms with Crippen LogP contribution in [-0.2, 0) is 0 Å². The van der Waals surface area contributed by atoms with Gasteiger partial charge in [0, 0.05) is 18.8 Å². The average molecular weight is 397 g/mol. The van der Waals surface area contributed by atoms with Crippen molar-refractivity contribution in [3.8, 4) is 11.1 Å². The molecule has 5 nitrogen and oxygen atoms in total. The molecule has 1 fully saturated rings. The maximum atomic E-state index is 13.1. The largest absolute Gasteiger partial charge is 0.330 e. The molecule has 0 unspecified atom stereocenters. The number of thiazole rings is 1. The van der Waals surface area contributed by atoms with Gasteiger partial charge in [0.15, 0.2) is 5.13 Å². The van der Waals surface area contributed by atoms with Crippen LogP contribution in [0.1, 0.15) is 12.1 Å². The topological polar surface area (TPSA) is 62.5 Å². The fourth-order valence-electron chi connectivity index (χ4n) is 3.20. The van der Waals surface area contributed by atoms with E-state index in [1.165, 1.54) is 28.8 Å². The fourth-order valence-corrected chi connectivity index (χ4v) is 4.65. The van der Waals surface area contributed by atoms with E-state index in [2.05, 4.69) is 29.2 Å². The van der Waals surface area contributed by atoms with Crippen molar-refractivity contribution >= 4 is 40.1 Å². The van der Waals surface area contributed by atoms with Crippen LogP contribution in [-0.4, -0.2) is 24.1 Å². The van der Waals surface area contributed by atoms with Crippen LogP contribution in [0.3, 0.4) is 0 Å². The summed E-state index contributed by atoms with van der Waals surface area (Å²) in [5.74, 6) is 0. The minimum Gasteiger partial charge on any atom is -0.294 e. The molecule has 0 aliphatic carbocycles. The normalized spacial score (nSPS) is 14.7. The number of hydrogen-bond acceptors (Lipinski definition) is 5. The van der Waals surface area contributed by atoms with E-state index in [9.17, 15) is 4.79 Å². The molecule has 1 aromatic heterocycles. The molecule has 7 heteroatoms. The molecule has 27 heavy (non-hydrogen) atoms. The van der Waals surface area contributed by atoms with E-state index in [4.69, 9.17) is 5.14 Å². The van der Waals surface area contributed by atoms with Crippen LogP contribution in [0.15, 0.2) is 58.8 Å². The van der Waals surface area contributed by atoms with Crippen LogP contribution in [0, 0.1) is 6.92 Å².